The quantitative estimate of drug-likeness (QED) is 0.866. The highest BCUT2D eigenvalue weighted by atomic mass is 16.6. The molecule has 1 N–H and O–H groups in total. The maximum Gasteiger partial charge on any atom is 0.323 e. The minimum absolute atomic E-state index is 0.0303. The molecule has 1 aromatic carbocycles. The van der Waals surface area contributed by atoms with Gasteiger partial charge in [0, 0.05) is 12.5 Å². The average Bonchev–Trinajstić information content (AvgIpc) is 2.77. The van der Waals surface area contributed by atoms with Crippen LogP contribution in [0.1, 0.15) is 39.7 Å². The van der Waals surface area contributed by atoms with Crippen molar-refractivity contribution in [2.75, 3.05) is 0 Å². The zero-order valence-electron chi connectivity index (χ0n) is 13.3. The molecule has 0 aromatic heterocycles. The lowest BCUT2D eigenvalue weighted by molar-refractivity contribution is -0.157. The van der Waals surface area contributed by atoms with E-state index in [-0.39, 0.29) is 24.2 Å². The SMILES string of the molecule is CC1NC(C(=O)OC(C)(C)C)CC1OCc1ccccc1. The number of hydrogen-bond donors (Lipinski definition) is 1. The Morgan fingerprint density at radius 2 is 1.95 bits per heavy atom. The standard InChI is InChI=1S/C17H25NO3/c1-12-15(20-11-13-8-6-5-7-9-13)10-14(18-12)16(19)21-17(2,3)4/h5-9,12,14-15,18H,10-11H2,1-4H3. The molecular formula is C17H25NO3. The van der Waals surface area contributed by atoms with Gasteiger partial charge in [-0.3, -0.25) is 10.1 Å². The molecule has 1 aliphatic rings. The normalized spacial score (nSPS) is 25.8. The van der Waals surface area contributed by atoms with Crippen LogP contribution in [0.25, 0.3) is 0 Å². The van der Waals surface area contributed by atoms with Crippen molar-refractivity contribution in [2.45, 2.75) is 64.5 Å². The van der Waals surface area contributed by atoms with Gasteiger partial charge in [-0.2, -0.15) is 0 Å². The topological polar surface area (TPSA) is 47.6 Å². The Labute approximate surface area is 126 Å². The molecule has 21 heavy (non-hydrogen) atoms. The van der Waals surface area contributed by atoms with Gasteiger partial charge in [0.25, 0.3) is 0 Å². The zero-order valence-corrected chi connectivity index (χ0v) is 13.3. The molecule has 4 heteroatoms. The lowest BCUT2D eigenvalue weighted by Crippen LogP contribution is -2.39. The van der Waals surface area contributed by atoms with Crippen molar-refractivity contribution in [3.05, 3.63) is 35.9 Å². The van der Waals surface area contributed by atoms with Gasteiger partial charge in [0.15, 0.2) is 0 Å². The van der Waals surface area contributed by atoms with E-state index in [9.17, 15) is 4.79 Å². The highest BCUT2D eigenvalue weighted by molar-refractivity contribution is 5.76. The highest BCUT2D eigenvalue weighted by Crippen LogP contribution is 2.21. The third kappa shape index (κ3) is 4.83. The molecule has 0 amide bonds. The summed E-state index contributed by atoms with van der Waals surface area (Å²) in [5, 5.41) is 3.26. The van der Waals surface area contributed by atoms with Crippen molar-refractivity contribution in [1.82, 2.24) is 5.32 Å². The number of benzene rings is 1. The molecule has 1 heterocycles. The van der Waals surface area contributed by atoms with Crippen LogP contribution in [0.3, 0.4) is 0 Å². The molecule has 4 nitrogen and oxygen atoms in total. The third-order valence-corrected chi connectivity index (χ3v) is 3.49. The van der Waals surface area contributed by atoms with E-state index in [4.69, 9.17) is 9.47 Å². The Balaban J connectivity index is 1.85. The molecule has 1 aromatic rings. The van der Waals surface area contributed by atoms with E-state index in [1.165, 1.54) is 0 Å². The molecule has 0 spiro atoms. The molecule has 1 saturated heterocycles. The summed E-state index contributed by atoms with van der Waals surface area (Å²) < 4.78 is 11.4. The van der Waals surface area contributed by atoms with Crippen LogP contribution in [-0.4, -0.2) is 29.8 Å². The van der Waals surface area contributed by atoms with Crippen LogP contribution in [0.5, 0.6) is 0 Å². The maximum atomic E-state index is 12.1. The summed E-state index contributed by atoms with van der Waals surface area (Å²) >= 11 is 0. The molecule has 0 saturated carbocycles. The number of carbonyl (C=O) groups excluding carboxylic acids is 1. The van der Waals surface area contributed by atoms with E-state index in [1.54, 1.807) is 0 Å². The summed E-state index contributed by atoms with van der Waals surface area (Å²) in [5.74, 6) is -0.194. The predicted molar refractivity (Wildman–Crippen MR) is 81.9 cm³/mol. The first-order chi connectivity index (χ1) is 9.85. The lowest BCUT2D eigenvalue weighted by atomic mass is 10.1. The van der Waals surface area contributed by atoms with Crippen LogP contribution in [-0.2, 0) is 20.9 Å². The largest absolute Gasteiger partial charge is 0.459 e. The van der Waals surface area contributed by atoms with E-state index >= 15 is 0 Å². The van der Waals surface area contributed by atoms with E-state index < -0.39 is 5.60 Å². The highest BCUT2D eigenvalue weighted by Gasteiger charge is 2.37. The molecule has 116 valence electrons. The average molecular weight is 291 g/mol. The lowest BCUT2D eigenvalue weighted by Gasteiger charge is -2.22. The molecule has 0 aliphatic carbocycles. The van der Waals surface area contributed by atoms with Crippen LogP contribution < -0.4 is 5.32 Å². The minimum atomic E-state index is -0.453. The van der Waals surface area contributed by atoms with Crippen LogP contribution in [0, 0.1) is 0 Å². The fourth-order valence-corrected chi connectivity index (χ4v) is 2.46. The van der Waals surface area contributed by atoms with E-state index in [1.807, 2.05) is 58.0 Å². The second kappa shape index (κ2) is 6.58. The van der Waals surface area contributed by atoms with Gasteiger partial charge in [-0.1, -0.05) is 30.3 Å². The van der Waals surface area contributed by atoms with Crippen molar-refractivity contribution in [3.63, 3.8) is 0 Å². The van der Waals surface area contributed by atoms with Crippen LogP contribution in [0.4, 0.5) is 0 Å². The zero-order chi connectivity index (χ0) is 15.5. The second-order valence-corrected chi connectivity index (χ2v) is 6.61. The van der Waals surface area contributed by atoms with Crippen molar-refractivity contribution in [3.8, 4) is 0 Å². The molecule has 3 atom stereocenters. The Morgan fingerprint density at radius 3 is 2.57 bits per heavy atom. The molecule has 0 radical (unpaired) electrons. The first kappa shape index (κ1) is 16.0. The van der Waals surface area contributed by atoms with Crippen molar-refractivity contribution >= 4 is 5.97 Å². The fourth-order valence-electron chi connectivity index (χ4n) is 2.46. The molecule has 1 aliphatic heterocycles. The fraction of sp³-hybridized carbons (Fsp3) is 0.588. The Kier molecular flexibility index (Phi) is 5.01. The second-order valence-electron chi connectivity index (χ2n) is 6.61. The van der Waals surface area contributed by atoms with Crippen LogP contribution in [0.2, 0.25) is 0 Å². The Morgan fingerprint density at radius 1 is 1.29 bits per heavy atom. The van der Waals surface area contributed by atoms with Gasteiger partial charge in [0.05, 0.1) is 12.7 Å². The van der Waals surface area contributed by atoms with Gasteiger partial charge >= 0.3 is 5.97 Å². The van der Waals surface area contributed by atoms with Crippen LogP contribution in [0.15, 0.2) is 30.3 Å². The van der Waals surface area contributed by atoms with Gasteiger partial charge < -0.3 is 9.47 Å². The number of ether oxygens (including phenoxy) is 2. The summed E-state index contributed by atoms with van der Waals surface area (Å²) in [6.07, 6.45) is 0.686. The summed E-state index contributed by atoms with van der Waals surface area (Å²) in [7, 11) is 0. The smallest absolute Gasteiger partial charge is 0.323 e. The first-order valence-electron chi connectivity index (χ1n) is 7.49. The van der Waals surface area contributed by atoms with E-state index in [0.717, 1.165) is 5.56 Å². The van der Waals surface area contributed by atoms with Gasteiger partial charge in [-0.25, -0.2) is 0 Å². The number of hydrogen-bond acceptors (Lipinski definition) is 4. The molecule has 2 rings (SSSR count). The van der Waals surface area contributed by atoms with Gasteiger partial charge in [0.1, 0.15) is 11.6 Å². The molecule has 0 bridgehead atoms. The summed E-state index contributed by atoms with van der Waals surface area (Å²) in [6.45, 7) is 8.25. The van der Waals surface area contributed by atoms with Gasteiger partial charge in [0.2, 0.25) is 0 Å². The molecule has 1 fully saturated rings. The van der Waals surface area contributed by atoms with Crippen molar-refractivity contribution < 1.29 is 14.3 Å². The van der Waals surface area contributed by atoms with Gasteiger partial charge in [-0.05, 0) is 33.3 Å². The molecule has 3 unspecified atom stereocenters. The Bertz CT molecular complexity index is 467. The summed E-state index contributed by atoms with van der Waals surface area (Å²) in [5.41, 5.74) is 0.691. The summed E-state index contributed by atoms with van der Waals surface area (Å²) in [4.78, 5) is 12.1. The summed E-state index contributed by atoms with van der Waals surface area (Å²) in [6, 6.07) is 9.93. The van der Waals surface area contributed by atoms with E-state index in [2.05, 4.69) is 5.32 Å². The van der Waals surface area contributed by atoms with E-state index in [0.29, 0.717) is 13.0 Å². The van der Waals surface area contributed by atoms with Gasteiger partial charge in [-0.15, -0.1) is 0 Å². The predicted octanol–water partition coefficient (Wildman–Crippen LogP) is 2.66. The number of carbonyl (C=O) groups is 1. The third-order valence-electron chi connectivity index (χ3n) is 3.49. The maximum absolute atomic E-state index is 12.1. The van der Waals surface area contributed by atoms with Crippen molar-refractivity contribution in [2.24, 2.45) is 0 Å². The van der Waals surface area contributed by atoms with Crippen molar-refractivity contribution in [1.29, 1.82) is 0 Å². The molecular weight excluding hydrogens is 266 g/mol. The first-order valence-corrected chi connectivity index (χ1v) is 7.49. The Hall–Kier alpha value is -1.39. The number of rotatable bonds is 4. The number of esters is 1. The monoisotopic (exact) mass is 291 g/mol. The van der Waals surface area contributed by atoms with Crippen LogP contribution >= 0.6 is 0 Å². The number of nitrogens with one attached hydrogen (secondary N) is 1. The minimum Gasteiger partial charge on any atom is -0.459 e.